The maximum absolute atomic E-state index is 11.9. The highest BCUT2D eigenvalue weighted by Crippen LogP contribution is 2.18. The van der Waals surface area contributed by atoms with Gasteiger partial charge in [0.05, 0.1) is 5.39 Å². The van der Waals surface area contributed by atoms with E-state index >= 15 is 0 Å². The molecule has 3 N–H and O–H groups in total. The first-order valence-corrected chi connectivity index (χ1v) is 6.97. The Labute approximate surface area is 131 Å². The molecule has 0 aliphatic rings. The minimum absolute atomic E-state index is 0.200. The molecule has 116 valence electrons. The topological polar surface area (TPSA) is 91.6 Å². The summed E-state index contributed by atoms with van der Waals surface area (Å²) >= 11 is 0. The van der Waals surface area contributed by atoms with Crippen molar-refractivity contribution in [3.05, 3.63) is 70.6 Å². The summed E-state index contributed by atoms with van der Waals surface area (Å²) in [6.07, 6.45) is 0.990. The molecule has 0 spiro atoms. The van der Waals surface area contributed by atoms with Gasteiger partial charge >= 0.3 is 6.03 Å². The molecule has 0 atom stereocenters. The average Bonchev–Trinajstić information content (AvgIpc) is 2.58. The van der Waals surface area contributed by atoms with Gasteiger partial charge in [-0.1, -0.05) is 30.3 Å². The summed E-state index contributed by atoms with van der Waals surface area (Å²) in [4.78, 5) is 23.7. The molecule has 0 bridgehead atoms. The van der Waals surface area contributed by atoms with Gasteiger partial charge in [-0.3, -0.25) is 4.79 Å². The van der Waals surface area contributed by atoms with Gasteiger partial charge in [0.1, 0.15) is 11.8 Å². The Hall–Kier alpha value is -3.28. The molecule has 0 aliphatic heterocycles. The van der Waals surface area contributed by atoms with Crippen LogP contribution in [0.2, 0.25) is 0 Å². The van der Waals surface area contributed by atoms with E-state index in [0.717, 1.165) is 11.8 Å². The van der Waals surface area contributed by atoms with E-state index in [2.05, 4.69) is 10.6 Å². The van der Waals surface area contributed by atoms with Crippen LogP contribution >= 0.6 is 0 Å². The van der Waals surface area contributed by atoms with Crippen molar-refractivity contribution < 1.29 is 14.3 Å². The molecule has 0 unspecified atom stereocenters. The highest BCUT2D eigenvalue weighted by molar-refractivity contribution is 5.92. The summed E-state index contributed by atoms with van der Waals surface area (Å²) in [5.41, 5.74) is 1.20. The van der Waals surface area contributed by atoms with Crippen molar-refractivity contribution in [2.24, 2.45) is 0 Å². The monoisotopic (exact) mass is 310 g/mol. The highest BCUT2D eigenvalue weighted by Gasteiger charge is 2.08. The first kappa shape index (κ1) is 14.6. The van der Waals surface area contributed by atoms with Crippen molar-refractivity contribution in [1.29, 1.82) is 0 Å². The summed E-state index contributed by atoms with van der Waals surface area (Å²) in [6, 6.07) is 13.7. The van der Waals surface area contributed by atoms with Crippen LogP contribution in [0.15, 0.2) is 64.0 Å². The molecule has 6 heteroatoms. The number of urea groups is 1. The van der Waals surface area contributed by atoms with E-state index in [1.165, 1.54) is 6.07 Å². The zero-order valence-corrected chi connectivity index (χ0v) is 12.1. The number of fused-ring (bicyclic) bond motifs is 1. The number of nitrogens with one attached hydrogen (secondary N) is 2. The molecular weight excluding hydrogens is 296 g/mol. The minimum Gasteiger partial charge on any atom is -0.502 e. The fourth-order valence-corrected chi connectivity index (χ4v) is 2.15. The lowest BCUT2D eigenvalue weighted by atomic mass is 10.2. The molecule has 0 radical (unpaired) electrons. The highest BCUT2D eigenvalue weighted by atomic mass is 16.3. The standard InChI is InChI=1S/C17H14N2O4/c20-14-10-23-15-7-6-12(8-13(15)16(14)21)19-17(22)18-9-11-4-2-1-3-5-11/h1-8,10,20H,9H2,(H2,18,19,22). The minimum atomic E-state index is -0.542. The lowest BCUT2D eigenvalue weighted by Crippen LogP contribution is -2.28. The van der Waals surface area contributed by atoms with Gasteiger partial charge in [-0.25, -0.2) is 4.79 Å². The smallest absolute Gasteiger partial charge is 0.319 e. The Balaban J connectivity index is 1.72. The maximum atomic E-state index is 11.9. The number of hydrogen-bond donors (Lipinski definition) is 3. The molecule has 2 aromatic carbocycles. The molecule has 1 aromatic heterocycles. The van der Waals surface area contributed by atoms with Gasteiger partial charge in [-0.2, -0.15) is 0 Å². The van der Waals surface area contributed by atoms with Crippen LogP contribution in [0.4, 0.5) is 10.5 Å². The number of amides is 2. The van der Waals surface area contributed by atoms with Crippen LogP contribution in [0.5, 0.6) is 5.75 Å². The SMILES string of the molecule is O=C(NCc1ccccc1)Nc1ccc2occ(O)c(=O)c2c1. The van der Waals surface area contributed by atoms with Gasteiger partial charge in [0.2, 0.25) is 5.43 Å². The maximum Gasteiger partial charge on any atom is 0.319 e. The van der Waals surface area contributed by atoms with Crippen LogP contribution in [0, 0.1) is 0 Å². The van der Waals surface area contributed by atoms with E-state index in [1.807, 2.05) is 30.3 Å². The van der Waals surface area contributed by atoms with Crippen molar-refractivity contribution in [3.8, 4) is 5.75 Å². The van der Waals surface area contributed by atoms with Gasteiger partial charge < -0.3 is 20.2 Å². The number of anilines is 1. The summed E-state index contributed by atoms with van der Waals surface area (Å²) in [5, 5.41) is 15.0. The van der Waals surface area contributed by atoms with E-state index < -0.39 is 17.2 Å². The Kier molecular flexibility index (Phi) is 3.97. The van der Waals surface area contributed by atoms with Gasteiger partial charge in [0.25, 0.3) is 0 Å². The van der Waals surface area contributed by atoms with Crippen LogP contribution in [0.3, 0.4) is 0 Å². The van der Waals surface area contributed by atoms with E-state index in [1.54, 1.807) is 12.1 Å². The predicted molar refractivity (Wildman–Crippen MR) is 86.4 cm³/mol. The van der Waals surface area contributed by atoms with Crippen molar-refractivity contribution in [1.82, 2.24) is 5.32 Å². The van der Waals surface area contributed by atoms with Crippen molar-refractivity contribution in [2.45, 2.75) is 6.54 Å². The first-order valence-electron chi connectivity index (χ1n) is 6.97. The van der Waals surface area contributed by atoms with Crippen molar-refractivity contribution >= 4 is 22.7 Å². The Morgan fingerprint density at radius 2 is 1.91 bits per heavy atom. The number of carbonyl (C=O) groups excluding carboxylic acids is 1. The van der Waals surface area contributed by atoms with E-state index in [9.17, 15) is 14.7 Å². The Morgan fingerprint density at radius 3 is 2.70 bits per heavy atom. The second kappa shape index (κ2) is 6.23. The summed E-state index contributed by atoms with van der Waals surface area (Å²) in [7, 11) is 0. The molecule has 0 aliphatic carbocycles. The third kappa shape index (κ3) is 3.32. The van der Waals surface area contributed by atoms with Gasteiger partial charge in [-0.05, 0) is 23.8 Å². The third-order valence-electron chi connectivity index (χ3n) is 3.31. The molecule has 23 heavy (non-hydrogen) atoms. The zero-order chi connectivity index (χ0) is 16.2. The molecular formula is C17H14N2O4. The fourth-order valence-electron chi connectivity index (χ4n) is 2.15. The molecule has 0 saturated heterocycles. The molecule has 6 nitrogen and oxygen atoms in total. The summed E-state index contributed by atoms with van der Waals surface area (Å²) in [5.74, 6) is -0.469. The fraction of sp³-hybridized carbons (Fsp3) is 0.0588. The Morgan fingerprint density at radius 1 is 1.13 bits per heavy atom. The van der Waals surface area contributed by atoms with Crippen LogP contribution in [-0.2, 0) is 6.54 Å². The molecule has 1 heterocycles. The van der Waals surface area contributed by atoms with E-state index in [4.69, 9.17) is 4.42 Å². The first-order chi connectivity index (χ1) is 11.1. The van der Waals surface area contributed by atoms with Gasteiger partial charge in [0, 0.05) is 12.2 Å². The molecule has 3 aromatic rings. The number of aromatic hydroxyl groups is 1. The lowest BCUT2D eigenvalue weighted by Gasteiger charge is -2.08. The van der Waals surface area contributed by atoms with E-state index in [0.29, 0.717) is 17.8 Å². The normalized spacial score (nSPS) is 10.4. The number of rotatable bonds is 3. The second-order valence-corrected chi connectivity index (χ2v) is 4.95. The van der Waals surface area contributed by atoms with Crippen LogP contribution < -0.4 is 16.1 Å². The molecule has 2 amide bonds. The predicted octanol–water partition coefficient (Wildman–Crippen LogP) is 2.82. The lowest BCUT2D eigenvalue weighted by molar-refractivity contribution is 0.251. The number of benzene rings is 2. The summed E-state index contributed by atoms with van der Waals surface area (Å²) in [6.45, 7) is 0.392. The van der Waals surface area contributed by atoms with Crippen molar-refractivity contribution in [2.75, 3.05) is 5.32 Å². The largest absolute Gasteiger partial charge is 0.502 e. The molecule has 0 saturated carbocycles. The Bertz CT molecular complexity index is 903. The quantitative estimate of drug-likeness (QED) is 0.693. The molecule has 3 rings (SSSR count). The third-order valence-corrected chi connectivity index (χ3v) is 3.31. The second-order valence-electron chi connectivity index (χ2n) is 4.95. The van der Waals surface area contributed by atoms with Crippen molar-refractivity contribution in [3.63, 3.8) is 0 Å². The average molecular weight is 310 g/mol. The zero-order valence-electron chi connectivity index (χ0n) is 12.1. The van der Waals surface area contributed by atoms with Crippen LogP contribution in [0.25, 0.3) is 11.0 Å². The summed E-state index contributed by atoms with van der Waals surface area (Å²) < 4.78 is 5.11. The van der Waals surface area contributed by atoms with Crippen LogP contribution in [-0.4, -0.2) is 11.1 Å². The van der Waals surface area contributed by atoms with Gasteiger partial charge in [-0.15, -0.1) is 0 Å². The number of carbonyl (C=O) groups is 1. The molecule has 0 fully saturated rings. The number of hydrogen-bond acceptors (Lipinski definition) is 4. The van der Waals surface area contributed by atoms with Gasteiger partial charge in [0.15, 0.2) is 5.75 Å². The van der Waals surface area contributed by atoms with Crippen LogP contribution in [0.1, 0.15) is 5.56 Å². The van der Waals surface area contributed by atoms with E-state index in [-0.39, 0.29) is 5.39 Å².